The third kappa shape index (κ3) is 4.40. The smallest absolute Gasteiger partial charge is 0.382 e. The van der Waals surface area contributed by atoms with Gasteiger partial charge in [-0.05, 0) is 11.8 Å². The second kappa shape index (κ2) is 4.59. The molecule has 1 aromatic rings. The molecule has 0 aliphatic heterocycles. The Morgan fingerprint density at radius 3 is 2.79 bits per heavy atom. The predicted molar refractivity (Wildman–Crippen MR) is 50.2 cm³/mol. The summed E-state index contributed by atoms with van der Waals surface area (Å²) >= 11 is -0.0301. The fraction of sp³-hybridized carbons (Fsp3) is 0.571. The molecule has 0 amide bonds. The van der Waals surface area contributed by atoms with Crippen molar-refractivity contribution in [1.29, 1.82) is 0 Å². The lowest BCUT2D eigenvalue weighted by Gasteiger charge is -2.05. The highest BCUT2D eigenvalue weighted by Crippen LogP contribution is 2.29. The van der Waals surface area contributed by atoms with Crippen LogP contribution in [0.4, 0.5) is 18.9 Å². The van der Waals surface area contributed by atoms with Gasteiger partial charge in [0, 0.05) is 25.5 Å². The van der Waals surface area contributed by atoms with E-state index in [1.54, 1.807) is 24.1 Å². The summed E-state index contributed by atoms with van der Waals surface area (Å²) in [4.78, 5) is 0. The average molecular weight is 225 g/mol. The lowest BCUT2D eigenvalue weighted by molar-refractivity contribution is -0.0327. The van der Waals surface area contributed by atoms with Gasteiger partial charge in [-0.3, -0.25) is 4.68 Å². The Morgan fingerprint density at radius 2 is 2.29 bits per heavy atom. The van der Waals surface area contributed by atoms with Crippen LogP contribution < -0.4 is 5.32 Å². The molecule has 80 valence electrons. The minimum absolute atomic E-state index is 0.00159. The van der Waals surface area contributed by atoms with Crippen molar-refractivity contribution < 1.29 is 13.2 Å². The van der Waals surface area contributed by atoms with Crippen LogP contribution in [0.2, 0.25) is 0 Å². The van der Waals surface area contributed by atoms with Gasteiger partial charge >= 0.3 is 5.51 Å². The molecule has 0 bridgehead atoms. The van der Waals surface area contributed by atoms with Gasteiger partial charge in [-0.2, -0.15) is 18.3 Å². The monoisotopic (exact) mass is 225 g/mol. The van der Waals surface area contributed by atoms with E-state index in [0.717, 1.165) is 5.69 Å². The van der Waals surface area contributed by atoms with Crippen molar-refractivity contribution in [2.45, 2.75) is 5.51 Å². The number of aromatic nitrogens is 2. The second-order valence-electron chi connectivity index (χ2n) is 2.62. The first-order valence-corrected chi connectivity index (χ1v) is 4.89. The van der Waals surface area contributed by atoms with E-state index in [1.807, 2.05) is 0 Å². The molecule has 1 N–H and O–H groups in total. The molecule has 1 aromatic heterocycles. The molecule has 14 heavy (non-hydrogen) atoms. The minimum Gasteiger partial charge on any atom is -0.382 e. The van der Waals surface area contributed by atoms with Gasteiger partial charge < -0.3 is 5.32 Å². The molecule has 0 spiro atoms. The number of anilines is 1. The number of hydrogen-bond acceptors (Lipinski definition) is 3. The molecule has 0 aliphatic carbocycles. The standard InChI is InChI=1S/C7H10F3N3S/c1-13-5-6(4-12-13)11-2-3-14-7(8,9)10/h4-5,11H,2-3H2,1H3. The molecule has 1 heterocycles. The van der Waals surface area contributed by atoms with Crippen LogP contribution in [0.5, 0.6) is 0 Å². The fourth-order valence-corrected chi connectivity index (χ4v) is 1.31. The van der Waals surface area contributed by atoms with Crippen LogP contribution in [-0.4, -0.2) is 27.6 Å². The summed E-state index contributed by atoms with van der Waals surface area (Å²) in [7, 11) is 1.75. The molecule has 3 nitrogen and oxygen atoms in total. The van der Waals surface area contributed by atoms with Crippen molar-refractivity contribution in [3.63, 3.8) is 0 Å². The number of nitrogens with one attached hydrogen (secondary N) is 1. The SMILES string of the molecule is Cn1cc(NCCSC(F)(F)F)cn1. The van der Waals surface area contributed by atoms with Crippen LogP contribution in [0.1, 0.15) is 0 Å². The van der Waals surface area contributed by atoms with Crippen LogP contribution in [0, 0.1) is 0 Å². The van der Waals surface area contributed by atoms with Crippen LogP contribution >= 0.6 is 11.8 Å². The fourth-order valence-electron chi connectivity index (χ4n) is 0.875. The van der Waals surface area contributed by atoms with Crippen molar-refractivity contribution in [3.8, 4) is 0 Å². The van der Waals surface area contributed by atoms with E-state index in [2.05, 4.69) is 10.4 Å². The summed E-state index contributed by atoms with van der Waals surface area (Å²) < 4.78 is 36.7. The summed E-state index contributed by atoms with van der Waals surface area (Å²) in [5.74, 6) is -0.00159. The summed E-state index contributed by atoms with van der Waals surface area (Å²) in [6.45, 7) is 0.274. The number of alkyl halides is 3. The van der Waals surface area contributed by atoms with E-state index in [1.165, 1.54) is 0 Å². The van der Waals surface area contributed by atoms with Crippen LogP contribution in [0.25, 0.3) is 0 Å². The van der Waals surface area contributed by atoms with Gasteiger partial charge in [0.15, 0.2) is 0 Å². The number of nitrogens with zero attached hydrogens (tertiary/aromatic N) is 2. The molecule has 0 saturated heterocycles. The first kappa shape index (κ1) is 11.2. The Labute approximate surface area is 83.7 Å². The summed E-state index contributed by atoms with van der Waals surface area (Å²) in [5.41, 5.74) is -3.41. The minimum atomic E-state index is -4.14. The quantitative estimate of drug-likeness (QED) is 0.796. The Morgan fingerprint density at radius 1 is 1.57 bits per heavy atom. The van der Waals surface area contributed by atoms with E-state index in [4.69, 9.17) is 0 Å². The Kier molecular flexibility index (Phi) is 3.68. The van der Waals surface area contributed by atoms with E-state index in [-0.39, 0.29) is 24.1 Å². The third-order valence-corrected chi connectivity index (χ3v) is 2.14. The van der Waals surface area contributed by atoms with Crippen molar-refractivity contribution in [3.05, 3.63) is 12.4 Å². The van der Waals surface area contributed by atoms with Gasteiger partial charge in [0.2, 0.25) is 0 Å². The van der Waals surface area contributed by atoms with Gasteiger partial charge in [-0.25, -0.2) is 0 Å². The summed E-state index contributed by atoms with van der Waals surface area (Å²) in [6.07, 6.45) is 3.27. The Balaban J connectivity index is 2.16. The number of thioether (sulfide) groups is 1. The first-order chi connectivity index (χ1) is 6.47. The zero-order valence-corrected chi connectivity index (χ0v) is 8.32. The van der Waals surface area contributed by atoms with E-state index >= 15 is 0 Å². The topological polar surface area (TPSA) is 29.9 Å². The van der Waals surface area contributed by atoms with Crippen LogP contribution in [0.3, 0.4) is 0 Å². The molecule has 0 fully saturated rings. The number of aryl methyl sites for hydroxylation is 1. The zero-order chi connectivity index (χ0) is 10.6. The highest BCUT2D eigenvalue weighted by Gasteiger charge is 2.27. The normalized spacial score (nSPS) is 11.7. The number of hydrogen-bond donors (Lipinski definition) is 1. The molecule has 0 aromatic carbocycles. The van der Waals surface area contributed by atoms with Gasteiger partial charge in [0.05, 0.1) is 11.9 Å². The maximum atomic E-state index is 11.7. The van der Waals surface area contributed by atoms with Crippen molar-refractivity contribution >= 4 is 17.4 Å². The van der Waals surface area contributed by atoms with Crippen molar-refractivity contribution in [2.24, 2.45) is 7.05 Å². The Hall–Kier alpha value is -0.850. The van der Waals surface area contributed by atoms with Crippen LogP contribution in [0.15, 0.2) is 12.4 Å². The first-order valence-electron chi connectivity index (χ1n) is 3.90. The van der Waals surface area contributed by atoms with Gasteiger partial charge in [0.1, 0.15) is 0 Å². The molecule has 0 saturated carbocycles. The largest absolute Gasteiger partial charge is 0.441 e. The van der Waals surface area contributed by atoms with Crippen LogP contribution in [-0.2, 0) is 7.05 Å². The molecule has 1 rings (SSSR count). The lowest BCUT2D eigenvalue weighted by atomic mass is 10.5. The molecular weight excluding hydrogens is 215 g/mol. The summed E-state index contributed by atoms with van der Waals surface area (Å²) in [6, 6.07) is 0. The van der Waals surface area contributed by atoms with Gasteiger partial charge in [-0.15, -0.1) is 0 Å². The van der Waals surface area contributed by atoms with Crippen molar-refractivity contribution in [2.75, 3.05) is 17.6 Å². The molecule has 7 heteroatoms. The Bertz CT molecular complexity index is 284. The average Bonchev–Trinajstić information content (AvgIpc) is 2.44. The van der Waals surface area contributed by atoms with Gasteiger partial charge in [0.25, 0.3) is 0 Å². The number of rotatable bonds is 4. The van der Waals surface area contributed by atoms with E-state index < -0.39 is 5.51 Å². The number of halogens is 3. The maximum absolute atomic E-state index is 11.7. The van der Waals surface area contributed by atoms with Gasteiger partial charge in [-0.1, -0.05) is 0 Å². The van der Waals surface area contributed by atoms with Crippen molar-refractivity contribution in [1.82, 2.24) is 9.78 Å². The molecular formula is C7H10F3N3S. The second-order valence-corrected chi connectivity index (χ2v) is 3.78. The molecule has 0 unspecified atom stereocenters. The zero-order valence-electron chi connectivity index (χ0n) is 7.51. The highest BCUT2D eigenvalue weighted by molar-refractivity contribution is 8.00. The summed E-state index contributed by atoms with van der Waals surface area (Å²) in [5, 5.41) is 6.70. The third-order valence-electron chi connectivity index (χ3n) is 1.40. The van der Waals surface area contributed by atoms with E-state index in [0.29, 0.717) is 0 Å². The highest BCUT2D eigenvalue weighted by atomic mass is 32.2. The molecule has 0 aliphatic rings. The lowest BCUT2D eigenvalue weighted by Crippen LogP contribution is -2.09. The van der Waals surface area contributed by atoms with E-state index in [9.17, 15) is 13.2 Å². The molecule has 0 atom stereocenters. The maximum Gasteiger partial charge on any atom is 0.441 e. The molecule has 0 radical (unpaired) electrons. The predicted octanol–water partition coefficient (Wildman–Crippen LogP) is 2.08.